The van der Waals surface area contributed by atoms with Crippen molar-refractivity contribution in [2.45, 2.75) is 57.0 Å². The van der Waals surface area contributed by atoms with Gasteiger partial charge in [0.2, 0.25) is 11.8 Å². The van der Waals surface area contributed by atoms with Gasteiger partial charge < -0.3 is 9.73 Å². The fourth-order valence-electron chi connectivity index (χ4n) is 2.19. The second-order valence-corrected chi connectivity index (χ2v) is 4.67. The Morgan fingerprint density at radius 2 is 1.93 bits per heavy atom. The smallest absolute Gasteiger partial charge is 0.230 e. The third kappa shape index (κ3) is 2.20. The highest BCUT2D eigenvalue weighted by atomic mass is 16.4. The number of nitrogens with one attached hydrogen (secondary N) is 1. The molecule has 0 unspecified atom stereocenters. The number of nitrogens with zero attached hydrogens (tertiary/aromatic N) is 2. The van der Waals surface area contributed by atoms with Gasteiger partial charge in [-0.25, -0.2) is 0 Å². The van der Waals surface area contributed by atoms with Crippen LogP contribution in [0.3, 0.4) is 0 Å². The topological polar surface area (TPSA) is 51.0 Å². The van der Waals surface area contributed by atoms with Gasteiger partial charge in [-0.15, -0.1) is 10.2 Å². The van der Waals surface area contributed by atoms with Crippen LogP contribution >= 0.6 is 0 Å². The molecule has 3 rings (SSSR count). The highest BCUT2D eigenvalue weighted by Crippen LogP contribution is 2.33. The molecule has 2 fully saturated rings. The first-order chi connectivity index (χ1) is 7.42. The Labute approximate surface area is 89.5 Å². The Balaban J connectivity index is 1.59. The molecule has 0 bridgehead atoms. The molecule has 1 aromatic heterocycles. The van der Waals surface area contributed by atoms with Crippen molar-refractivity contribution < 1.29 is 4.42 Å². The quantitative estimate of drug-likeness (QED) is 0.820. The van der Waals surface area contributed by atoms with Crippen molar-refractivity contribution >= 4 is 0 Å². The molecule has 0 saturated heterocycles. The lowest BCUT2D eigenvalue weighted by Crippen LogP contribution is -2.15. The predicted octanol–water partition coefficient (Wildman–Crippen LogP) is 1.98. The predicted molar refractivity (Wildman–Crippen MR) is 55.4 cm³/mol. The van der Waals surface area contributed by atoms with Crippen molar-refractivity contribution in [1.82, 2.24) is 15.5 Å². The van der Waals surface area contributed by atoms with Crippen LogP contribution in [-0.4, -0.2) is 16.2 Å². The zero-order valence-corrected chi connectivity index (χ0v) is 8.91. The molecule has 0 spiro atoms. The SMILES string of the molecule is C1CCC(c2nnc(CNC3CC3)o2)C1. The summed E-state index contributed by atoms with van der Waals surface area (Å²) in [7, 11) is 0. The minimum atomic E-state index is 0.534. The van der Waals surface area contributed by atoms with Crippen LogP contribution in [0.15, 0.2) is 4.42 Å². The lowest BCUT2D eigenvalue weighted by Gasteiger charge is -2.00. The first kappa shape index (κ1) is 9.33. The van der Waals surface area contributed by atoms with Gasteiger partial charge in [-0.1, -0.05) is 12.8 Å². The van der Waals surface area contributed by atoms with Crippen LogP contribution in [0.2, 0.25) is 0 Å². The molecule has 2 aliphatic carbocycles. The molecule has 0 radical (unpaired) electrons. The summed E-state index contributed by atoms with van der Waals surface area (Å²) in [4.78, 5) is 0. The van der Waals surface area contributed by atoms with Crippen molar-refractivity contribution in [3.8, 4) is 0 Å². The van der Waals surface area contributed by atoms with E-state index in [0.29, 0.717) is 12.0 Å². The Morgan fingerprint density at radius 3 is 2.67 bits per heavy atom. The van der Waals surface area contributed by atoms with E-state index >= 15 is 0 Å². The van der Waals surface area contributed by atoms with Gasteiger partial charge in [-0.05, 0) is 25.7 Å². The second-order valence-electron chi connectivity index (χ2n) is 4.67. The zero-order chi connectivity index (χ0) is 10.1. The van der Waals surface area contributed by atoms with Gasteiger partial charge in [0, 0.05) is 12.0 Å². The molecule has 0 atom stereocenters. The fourth-order valence-corrected chi connectivity index (χ4v) is 2.19. The molecule has 1 N–H and O–H groups in total. The summed E-state index contributed by atoms with van der Waals surface area (Å²) in [5.74, 6) is 2.15. The van der Waals surface area contributed by atoms with Crippen molar-refractivity contribution in [2.24, 2.45) is 0 Å². The lowest BCUT2D eigenvalue weighted by molar-refractivity contribution is 0.404. The van der Waals surface area contributed by atoms with Crippen LogP contribution in [0.5, 0.6) is 0 Å². The van der Waals surface area contributed by atoms with Crippen LogP contribution < -0.4 is 5.32 Å². The summed E-state index contributed by atoms with van der Waals surface area (Å²) in [5, 5.41) is 11.6. The van der Waals surface area contributed by atoms with Gasteiger partial charge in [-0.3, -0.25) is 0 Å². The number of hydrogen-bond acceptors (Lipinski definition) is 4. The van der Waals surface area contributed by atoms with E-state index in [-0.39, 0.29) is 0 Å². The highest BCUT2D eigenvalue weighted by molar-refractivity contribution is 4.94. The van der Waals surface area contributed by atoms with Crippen LogP contribution in [0.1, 0.15) is 56.2 Å². The summed E-state index contributed by atoms with van der Waals surface area (Å²) >= 11 is 0. The first-order valence-corrected chi connectivity index (χ1v) is 5.97. The maximum atomic E-state index is 5.66. The summed E-state index contributed by atoms with van der Waals surface area (Å²) in [5.41, 5.74) is 0. The number of aromatic nitrogens is 2. The van der Waals surface area contributed by atoms with E-state index in [4.69, 9.17) is 4.42 Å². The number of hydrogen-bond donors (Lipinski definition) is 1. The lowest BCUT2D eigenvalue weighted by atomic mass is 10.1. The summed E-state index contributed by atoms with van der Waals surface area (Å²) in [6.07, 6.45) is 7.65. The summed E-state index contributed by atoms with van der Waals surface area (Å²) in [6.45, 7) is 0.740. The molecule has 1 aromatic rings. The molecule has 4 nitrogen and oxygen atoms in total. The summed E-state index contributed by atoms with van der Waals surface area (Å²) in [6, 6.07) is 0.701. The van der Waals surface area contributed by atoms with E-state index in [1.54, 1.807) is 0 Å². The maximum Gasteiger partial charge on any atom is 0.230 e. The third-order valence-electron chi connectivity index (χ3n) is 3.31. The normalized spacial score (nSPS) is 22.4. The molecule has 0 aliphatic heterocycles. The van der Waals surface area contributed by atoms with Crippen LogP contribution in [0, 0.1) is 0 Å². The van der Waals surface area contributed by atoms with E-state index in [0.717, 1.165) is 18.3 Å². The van der Waals surface area contributed by atoms with Gasteiger partial charge in [-0.2, -0.15) is 0 Å². The molecule has 2 aliphatic rings. The average molecular weight is 207 g/mol. The molecule has 0 aromatic carbocycles. The molecular formula is C11H17N3O. The molecule has 15 heavy (non-hydrogen) atoms. The molecule has 82 valence electrons. The van der Waals surface area contributed by atoms with Crippen LogP contribution in [0.25, 0.3) is 0 Å². The zero-order valence-electron chi connectivity index (χ0n) is 8.91. The van der Waals surface area contributed by atoms with Crippen LogP contribution in [0.4, 0.5) is 0 Å². The first-order valence-electron chi connectivity index (χ1n) is 5.97. The second kappa shape index (κ2) is 3.93. The van der Waals surface area contributed by atoms with Gasteiger partial charge in [0.25, 0.3) is 0 Å². The van der Waals surface area contributed by atoms with Crippen molar-refractivity contribution in [3.63, 3.8) is 0 Å². The van der Waals surface area contributed by atoms with Crippen molar-refractivity contribution in [1.29, 1.82) is 0 Å². The van der Waals surface area contributed by atoms with Crippen molar-refractivity contribution in [3.05, 3.63) is 11.8 Å². The summed E-state index contributed by atoms with van der Waals surface area (Å²) < 4.78 is 5.66. The van der Waals surface area contributed by atoms with Gasteiger partial charge in [0.05, 0.1) is 6.54 Å². The number of rotatable bonds is 4. The van der Waals surface area contributed by atoms with E-state index in [2.05, 4.69) is 15.5 Å². The van der Waals surface area contributed by atoms with Gasteiger partial charge >= 0.3 is 0 Å². The van der Waals surface area contributed by atoms with E-state index in [9.17, 15) is 0 Å². The standard InChI is InChI=1S/C11H17N3O/c1-2-4-8(3-1)11-14-13-10(15-11)7-12-9-5-6-9/h8-9,12H,1-7H2. The molecule has 2 saturated carbocycles. The van der Waals surface area contributed by atoms with Gasteiger partial charge in [0.15, 0.2) is 0 Å². The van der Waals surface area contributed by atoms with Crippen LogP contribution in [-0.2, 0) is 6.54 Å². The Hall–Kier alpha value is -0.900. The Bertz CT molecular complexity index is 326. The minimum Gasteiger partial charge on any atom is -0.424 e. The maximum absolute atomic E-state index is 5.66. The third-order valence-corrected chi connectivity index (χ3v) is 3.31. The van der Waals surface area contributed by atoms with Gasteiger partial charge in [0.1, 0.15) is 0 Å². The van der Waals surface area contributed by atoms with E-state index in [1.165, 1.54) is 38.5 Å². The van der Waals surface area contributed by atoms with E-state index < -0.39 is 0 Å². The minimum absolute atomic E-state index is 0.534. The molecular weight excluding hydrogens is 190 g/mol. The largest absolute Gasteiger partial charge is 0.424 e. The monoisotopic (exact) mass is 207 g/mol. The molecule has 4 heteroatoms. The fraction of sp³-hybridized carbons (Fsp3) is 0.818. The average Bonchev–Trinajstić information content (AvgIpc) is 2.78. The van der Waals surface area contributed by atoms with E-state index in [1.807, 2.05) is 0 Å². The Morgan fingerprint density at radius 1 is 1.13 bits per heavy atom. The molecule has 1 heterocycles. The van der Waals surface area contributed by atoms with Crippen molar-refractivity contribution in [2.75, 3.05) is 0 Å². The highest BCUT2D eigenvalue weighted by Gasteiger charge is 2.24. The Kier molecular flexibility index (Phi) is 2.44. The molecule has 0 amide bonds.